The summed E-state index contributed by atoms with van der Waals surface area (Å²) in [6.45, 7) is -1.68. The van der Waals surface area contributed by atoms with E-state index >= 15 is 0 Å². The minimum absolute atomic E-state index is 0.00985. The first-order valence-electron chi connectivity index (χ1n) is 10.6. The molecule has 0 N–H and O–H groups in total. The Kier molecular flexibility index (Phi) is 13.1. The van der Waals surface area contributed by atoms with Crippen LogP contribution in [0.3, 0.4) is 0 Å². The third kappa shape index (κ3) is 11.0. The lowest BCUT2D eigenvalue weighted by molar-refractivity contribution is -0.0531. The van der Waals surface area contributed by atoms with E-state index in [4.69, 9.17) is 0 Å². The number of alkyl halides is 6. The number of sulfonamides is 4. The Labute approximate surface area is 208 Å². The summed E-state index contributed by atoms with van der Waals surface area (Å²) in [6, 6.07) is 0. The van der Waals surface area contributed by atoms with Gasteiger partial charge in [-0.15, -0.1) is 0 Å². The van der Waals surface area contributed by atoms with Gasteiger partial charge in [0.1, 0.15) is 0 Å². The van der Waals surface area contributed by atoms with E-state index in [1.165, 1.54) is 0 Å². The number of hydrogen-bond acceptors (Lipinski definition) is 8. The van der Waals surface area contributed by atoms with Crippen molar-refractivity contribution in [2.24, 2.45) is 0 Å². The second-order valence-corrected chi connectivity index (χ2v) is 15.9. The Morgan fingerprint density at radius 2 is 0.667 bits per heavy atom. The molecule has 0 saturated carbocycles. The molecule has 0 heterocycles. The monoisotopic (exact) mass is 620 g/mol. The molecular formula is C16H30F6N2O8S4. The molecule has 0 rings (SSSR count). The van der Waals surface area contributed by atoms with Gasteiger partial charge in [0.05, 0.1) is 12.5 Å². The van der Waals surface area contributed by atoms with Gasteiger partial charge in [0.2, 0.25) is 20.0 Å². The molecule has 0 aliphatic heterocycles. The van der Waals surface area contributed by atoms with Crippen LogP contribution in [0.5, 0.6) is 0 Å². The molecule has 0 bridgehead atoms. The SMILES string of the molecule is CS(=O)(=O)N(CCCCCCCCCCCCN(S(=O)(=O)C(F)(F)F)S(=O)(=O)C(F)(F)F)S(C)(=O)=O. The first-order valence-corrected chi connectivity index (χ1v) is 17.1. The third-order valence-corrected chi connectivity index (χ3v) is 12.0. The summed E-state index contributed by atoms with van der Waals surface area (Å²) in [5.41, 5.74) is -12.4. The van der Waals surface area contributed by atoms with Crippen LogP contribution in [0.4, 0.5) is 26.3 Å². The van der Waals surface area contributed by atoms with Crippen LogP contribution in [0, 0.1) is 0 Å². The summed E-state index contributed by atoms with van der Waals surface area (Å²) in [5.74, 6) is 0. The highest BCUT2D eigenvalue weighted by Gasteiger charge is 2.61. The molecule has 0 spiro atoms. The number of nitrogens with zero attached hydrogens (tertiary/aromatic N) is 2. The summed E-state index contributed by atoms with van der Waals surface area (Å²) < 4.78 is 166. The molecule has 0 fully saturated rings. The molecule has 0 atom stereocenters. The first kappa shape index (κ1) is 35.3. The average Bonchev–Trinajstić information content (AvgIpc) is 2.63. The summed E-state index contributed by atoms with van der Waals surface area (Å²) in [5, 5.41) is 0. The van der Waals surface area contributed by atoms with Gasteiger partial charge in [0.15, 0.2) is 0 Å². The molecule has 218 valence electrons. The quantitative estimate of drug-likeness (QED) is 0.178. The maximum absolute atomic E-state index is 12.7. The molecule has 0 saturated heterocycles. The molecule has 0 aromatic heterocycles. The van der Waals surface area contributed by atoms with Crippen LogP contribution in [0.1, 0.15) is 64.2 Å². The second-order valence-electron chi connectivity index (χ2n) is 7.96. The zero-order valence-corrected chi connectivity index (χ0v) is 22.8. The number of halogens is 6. The van der Waals surface area contributed by atoms with Crippen molar-refractivity contribution in [3.63, 3.8) is 0 Å². The Morgan fingerprint density at radius 3 is 0.889 bits per heavy atom. The predicted octanol–water partition coefficient (Wildman–Crippen LogP) is 3.11. The van der Waals surface area contributed by atoms with Gasteiger partial charge in [0.25, 0.3) is 0 Å². The topological polar surface area (TPSA) is 143 Å². The molecule has 0 aliphatic rings. The van der Waals surface area contributed by atoms with Crippen LogP contribution in [0.15, 0.2) is 0 Å². The molecular weight excluding hydrogens is 590 g/mol. The van der Waals surface area contributed by atoms with Crippen molar-refractivity contribution in [2.45, 2.75) is 75.2 Å². The van der Waals surface area contributed by atoms with Crippen LogP contribution in [0.2, 0.25) is 0 Å². The zero-order valence-electron chi connectivity index (χ0n) is 19.5. The third-order valence-electron chi connectivity index (χ3n) is 4.79. The van der Waals surface area contributed by atoms with Crippen molar-refractivity contribution in [1.82, 2.24) is 7.42 Å². The second kappa shape index (κ2) is 13.4. The van der Waals surface area contributed by atoms with Crippen molar-refractivity contribution < 1.29 is 60.0 Å². The molecule has 0 aromatic rings. The van der Waals surface area contributed by atoms with Crippen LogP contribution in [0.25, 0.3) is 0 Å². The average molecular weight is 621 g/mol. The van der Waals surface area contributed by atoms with E-state index in [2.05, 4.69) is 0 Å². The standard InChI is InChI=1S/C16H30F6N2O8S4/c1-33(25,26)23(34(2,27)28)13-11-9-7-5-3-4-6-8-10-12-14-24(35(29,30)15(17,18)19)36(31,32)16(20,21)22/h3-14H2,1-2H3. The van der Waals surface area contributed by atoms with Gasteiger partial charge in [-0.3, -0.25) is 0 Å². The predicted molar refractivity (Wildman–Crippen MR) is 119 cm³/mol. The molecule has 0 amide bonds. The van der Waals surface area contributed by atoms with Gasteiger partial charge in [-0.1, -0.05) is 58.8 Å². The molecule has 10 nitrogen and oxygen atoms in total. The summed E-state index contributed by atoms with van der Waals surface area (Å²) in [7, 11) is -21.3. The highest BCUT2D eigenvalue weighted by atomic mass is 32.3. The smallest absolute Gasteiger partial charge is 0.212 e. The Bertz CT molecular complexity index is 1040. The Hall–Kier alpha value is -0.700. The van der Waals surface area contributed by atoms with Crippen molar-refractivity contribution in [3.8, 4) is 0 Å². The van der Waals surface area contributed by atoms with Crippen molar-refractivity contribution in [3.05, 3.63) is 0 Å². The fraction of sp³-hybridized carbons (Fsp3) is 1.00. The van der Waals surface area contributed by atoms with E-state index in [1.807, 2.05) is 0 Å². The maximum Gasteiger partial charge on any atom is 0.512 e. The van der Waals surface area contributed by atoms with Crippen LogP contribution < -0.4 is 0 Å². The van der Waals surface area contributed by atoms with E-state index in [1.54, 1.807) is 0 Å². The summed E-state index contributed by atoms with van der Waals surface area (Å²) in [6.07, 6.45) is 5.41. The number of rotatable bonds is 17. The molecule has 0 aromatic carbocycles. The lowest BCUT2D eigenvalue weighted by Crippen LogP contribution is -2.49. The van der Waals surface area contributed by atoms with E-state index < -0.39 is 67.8 Å². The van der Waals surface area contributed by atoms with Gasteiger partial charge in [-0.2, -0.15) is 26.3 Å². The van der Waals surface area contributed by atoms with Crippen LogP contribution in [-0.2, 0) is 40.1 Å². The van der Waals surface area contributed by atoms with E-state index in [0.29, 0.717) is 55.1 Å². The zero-order chi connectivity index (χ0) is 28.6. The molecule has 0 radical (unpaired) electrons. The van der Waals surface area contributed by atoms with E-state index in [-0.39, 0.29) is 13.0 Å². The summed E-state index contributed by atoms with van der Waals surface area (Å²) >= 11 is 0. The number of hydrogen-bond donors (Lipinski definition) is 0. The maximum atomic E-state index is 12.7. The molecule has 0 unspecified atom stereocenters. The van der Waals surface area contributed by atoms with Crippen LogP contribution in [-0.4, -0.2) is 77.7 Å². The Morgan fingerprint density at radius 1 is 0.444 bits per heavy atom. The first-order chi connectivity index (χ1) is 16.0. The molecule has 0 aliphatic carbocycles. The minimum Gasteiger partial charge on any atom is -0.212 e. The van der Waals surface area contributed by atoms with Gasteiger partial charge in [-0.05, 0) is 12.8 Å². The van der Waals surface area contributed by atoms with Crippen molar-refractivity contribution >= 4 is 40.1 Å². The van der Waals surface area contributed by atoms with Gasteiger partial charge in [-0.25, -0.2) is 33.7 Å². The molecule has 20 heteroatoms. The Balaban J connectivity index is 4.41. The van der Waals surface area contributed by atoms with Gasteiger partial charge < -0.3 is 0 Å². The highest BCUT2D eigenvalue weighted by molar-refractivity contribution is 8.04. The van der Waals surface area contributed by atoms with Crippen LogP contribution >= 0.6 is 0 Å². The van der Waals surface area contributed by atoms with Gasteiger partial charge in [0, 0.05) is 13.1 Å². The lowest BCUT2D eigenvalue weighted by Gasteiger charge is -2.23. The van der Waals surface area contributed by atoms with Crippen molar-refractivity contribution in [1.29, 1.82) is 0 Å². The summed E-state index contributed by atoms with van der Waals surface area (Å²) in [4.78, 5) is 0. The van der Waals surface area contributed by atoms with E-state index in [0.717, 1.165) is 12.5 Å². The fourth-order valence-electron chi connectivity index (χ4n) is 3.07. The normalized spacial score (nSPS) is 14.6. The number of unbranched alkanes of at least 4 members (excludes halogenated alkanes) is 9. The fourth-order valence-corrected chi connectivity index (χ4v) is 8.70. The lowest BCUT2D eigenvalue weighted by atomic mass is 10.1. The van der Waals surface area contributed by atoms with Gasteiger partial charge >= 0.3 is 31.1 Å². The largest absolute Gasteiger partial charge is 0.512 e. The van der Waals surface area contributed by atoms with Crippen molar-refractivity contribution in [2.75, 3.05) is 25.6 Å². The minimum atomic E-state index is -6.76. The molecule has 36 heavy (non-hydrogen) atoms. The van der Waals surface area contributed by atoms with E-state index in [9.17, 15) is 60.0 Å². The highest BCUT2D eigenvalue weighted by Crippen LogP contribution is 2.35.